The predicted molar refractivity (Wildman–Crippen MR) is 58.5 cm³/mol. The van der Waals surface area contributed by atoms with Crippen LogP contribution in [0.5, 0.6) is 5.75 Å². The van der Waals surface area contributed by atoms with Gasteiger partial charge in [0.1, 0.15) is 10.6 Å². The summed E-state index contributed by atoms with van der Waals surface area (Å²) in [5, 5.41) is 0. The first-order chi connectivity index (χ1) is 6.36. The highest BCUT2D eigenvalue weighted by atomic mass is 79.9. The van der Waals surface area contributed by atoms with Gasteiger partial charge in [-0.05, 0) is 24.6 Å². The Morgan fingerprint density at radius 1 is 1.43 bits per heavy atom. The number of benzene rings is 1. The van der Waals surface area contributed by atoms with Crippen molar-refractivity contribution in [3.63, 3.8) is 0 Å². The molecule has 1 rings (SSSR count). The van der Waals surface area contributed by atoms with Gasteiger partial charge < -0.3 is 4.74 Å². The van der Waals surface area contributed by atoms with Crippen molar-refractivity contribution in [3.05, 3.63) is 22.2 Å². The Bertz CT molecular complexity index is 456. The second kappa shape index (κ2) is 4.08. The van der Waals surface area contributed by atoms with Crippen molar-refractivity contribution in [2.24, 2.45) is 0 Å². The molecule has 0 atom stereocenters. The third kappa shape index (κ3) is 2.40. The van der Waals surface area contributed by atoms with E-state index in [9.17, 15) is 8.42 Å². The molecule has 14 heavy (non-hydrogen) atoms. The monoisotopic (exact) mass is 298 g/mol. The molecule has 0 unspecified atom stereocenters. The molecule has 1 aromatic rings. The van der Waals surface area contributed by atoms with E-state index >= 15 is 0 Å². The van der Waals surface area contributed by atoms with E-state index in [4.69, 9.17) is 15.4 Å². The molecule has 0 aliphatic heterocycles. The number of methoxy groups -OCH3 is 1. The van der Waals surface area contributed by atoms with E-state index in [-0.39, 0.29) is 10.6 Å². The molecule has 0 amide bonds. The van der Waals surface area contributed by atoms with Gasteiger partial charge in [0.15, 0.2) is 0 Å². The lowest BCUT2D eigenvalue weighted by atomic mass is 10.2. The standard InChI is InChI=1S/C8H8BrClO3S/c1-5-3-6(9)4-7(13-2)8(5)14(10,11)12/h3-4H,1-2H3. The van der Waals surface area contributed by atoms with Gasteiger partial charge in [-0.2, -0.15) is 0 Å². The first kappa shape index (κ1) is 11.8. The molecule has 0 radical (unpaired) electrons. The van der Waals surface area contributed by atoms with Gasteiger partial charge in [0.2, 0.25) is 0 Å². The molecule has 0 N–H and O–H groups in total. The summed E-state index contributed by atoms with van der Waals surface area (Å²) in [5.41, 5.74) is 0.547. The summed E-state index contributed by atoms with van der Waals surface area (Å²) in [4.78, 5) is 0.0184. The fraction of sp³-hybridized carbons (Fsp3) is 0.250. The predicted octanol–water partition coefficient (Wildman–Crippen LogP) is 2.69. The van der Waals surface area contributed by atoms with Gasteiger partial charge in [-0.25, -0.2) is 8.42 Å². The first-order valence-electron chi connectivity index (χ1n) is 3.65. The van der Waals surface area contributed by atoms with Crippen LogP contribution in [0.15, 0.2) is 21.5 Å². The zero-order valence-corrected chi connectivity index (χ0v) is 10.7. The van der Waals surface area contributed by atoms with Gasteiger partial charge >= 0.3 is 0 Å². The van der Waals surface area contributed by atoms with Crippen LogP contribution in [0, 0.1) is 6.92 Å². The maximum absolute atomic E-state index is 11.2. The normalized spacial score (nSPS) is 11.4. The van der Waals surface area contributed by atoms with E-state index < -0.39 is 9.05 Å². The molecule has 6 heteroatoms. The number of ether oxygens (including phenoxy) is 1. The molecule has 0 aromatic heterocycles. The SMILES string of the molecule is COc1cc(Br)cc(C)c1S(=O)(=O)Cl. The average molecular weight is 300 g/mol. The molecule has 0 bridgehead atoms. The minimum atomic E-state index is -3.77. The van der Waals surface area contributed by atoms with E-state index in [0.717, 1.165) is 4.47 Å². The Morgan fingerprint density at radius 2 is 2.00 bits per heavy atom. The second-order valence-electron chi connectivity index (χ2n) is 2.69. The van der Waals surface area contributed by atoms with Crippen LogP contribution in [0.4, 0.5) is 0 Å². The molecular weight excluding hydrogens is 292 g/mol. The Labute approximate surface area is 95.6 Å². The van der Waals surface area contributed by atoms with Crippen LogP contribution in [0.2, 0.25) is 0 Å². The summed E-state index contributed by atoms with van der Waals surface area (Å²) >= 11 is 3.24. The van der Waals surface area contributed by atoms with Crippen LogP contribution in [0.25, 0.3) is 0 Å². The summed E-state index contributed by atoms with van der Waals surface area (Å²) in [6.07, 6.45) is 0. The van der Waals surface area contributed by atoms with Crippen molar-refractivity contribution >= 4 is 35.7 Å². The summed E-state index contributed by atoms with van der Waals surface area (Å²) in [6.45, 7) is 1.66. The quantitative estimate of drug-likeness (QED) is 0.789. The molecule has 3 nitrogen and oxygen atoms in total. The minimum Gasteiger partial charge on any atom is -0.495 e. The highest BCUT2D eigenvalue weighted by Crippen LogP contribution is 2.33. The van der Waals surface area contributed by atoms with Gasteiger partial charge in [0.25, 0.3) is 9.05 Å². The lowest BCUT2D eigenvalue weighted by Crippen LogP contribution is -1.99. The summed E-state index contributed by atoms with van der Waals surface area (Å²) < 4.78 is 28.1. The summed E-state index contributed by atoms with van der Waals surface area (Å²) in [7, 11) is 2.91. The van der Waals surface area contributed by atoms with Crippen molar-refractivity contribution in [2.45, 2.75) is 11.8 Å². The highest BCUT2D eigenvalue weighted by Gasteiger charge is 2.19. The number of hydrogen-bond acceptors (Lipinski definition) is 3. The van der Waals surface area contributed by atoms with Crippen LogP contribution in [0.1, 0.15) is 5.56 Å². The Hall–Kier alpha value is -0.260. The van der Waals surface area contributed by atoms with Gasteiger partial charge in [-0.15, -0.1) is 0 Å². The van der Waals surface area contributed by atoms with Gasteiger partial charge in [-0.3, -0.25) is 0 Å². The van der Waals surface area contributed by atoms with Gasteiger partial charge in [0.05, 0.1) is 7.11 Å². The third-order valence-corrected chi connectivity index (χ3v) is 3.60. The van der Waals surface area contributed by atoms with Crippen LogP contribution in [-0.2, 0) is 9.05 Å². The van der Waals surface area contributed by atoms with E-state index in [1.165, 1.54) is 7.11 Å². The topological polar surface area (TPSA) is 43.4 Å². The summed E-state index contributed by atoms with van der Waals surface area (Å²) in [5.74, 6) is 0.242. The molecule has 1 aromatic carbocycles. The summed E-state index contributed by atoms with van der Waals surface area (Å²) in [6, 6.07) is 3.22. The average Bonchev–Trinajstić information content (AvgIpc) is 1.99. The Balaban J connectivity index is 3.57. The number of rotatable bonds is 2. The zero-order chi connectivity index (χ0) is 10.9. The van der Waals surface area contributed by atoms with Crippen molar-refractivity contribution in [1.29, 1.82) is 0 Å². The fourth-order valence-corrected chi connectivity index (χ4v) is 3.13. The van der Waals surface area contributed by atoms with E-state index in [1.54, 1.807) is 19.1 Å². The lowest BCUT2D eigenvalue weighted by Gasteiger charge is -2.08. The molecule has 0 aliphatic carbocycles. The van der Waals surface area contributed by atoms with Crippen LogP contribution >= 0.6 is 26.6 Å². The van der Waals surface area contributed by atoms with E-state index in [0.29, 0.717) is 5.56 Å². The maximum atomic E-state index is 11.2. The van der Waals surface area contributed by atoms with Crippen molar-refractivity contribution in [1.82, 2.24) is 0 Å². The molecule has 0 aliphatic rings. The molecule has 78 valence electrons. The van der Waals surface area contributed by atoms with Crippen molar-refractivity contribution < 1.29 is 13.2 Å². The van der Waals surface area contributed by atoms with Crippen LogP contribution in [0.3, 0.4) is 0 Å². The number of hydrogen-bond donors (Lipinski definition) is 0. The Morgan fingerprint density at radius 3 is 2.43 bits per heavy atom. The van der Waals surface area contributed by atoms with Crippen LogP contribution in [-0.4, -0.2) is 15.5 Å². The number of halogens is 2. The van der Waals surface area contributed by atoms with Gasteiger partial charge in [0, 0.05) is 15.2 Å². The smallest absolute Gasteiger partial charge is 0.265 e. The lowest BCUT2D eigenvalue weighted by molar-refractivity contribution is 0.402. The molecule has 0 saturated heterocycles. The zero-order valence-electron chi connectivity index (χ0n) is 7.54. The Kier molecular flexibility index (Phi) is 3.44. The molecule has 0 saturated carbocycles. The van der Waals surface area contributed by atoms with Crippen LogP contribution < -0.4 is 4.74 Å². The minimum absolute atomic E-state index is 0.0184. The van der Waals surface area contributed by atoms with Gasteiger partial charge in [-0.1, -0.05) is 15.9 Å². The second-order valence-corrected chi connectivity index (χ2v) is 6.11. The molecule has 0 heterocycles. The largest absolute Gasteiger partial charge is 0.495 e. The fourth-order valence-electron chi connectivity index (χ4n) is 1.16. The van der Waals surface area contributed by atoms with E-state index in [2.05, 4.69) is 15.9 Å². The van der Waals surface area contributed by atoms with Crippen molar-refractivity contribution in [2.75, 3.05) is 7.11 Å². The molecule has 0 fully saturated rings. The molecule has 0 spiro atoms. The third-order valence-electron chi connectivity index (χ3n) is 1.67. The maximum Gasteiger partial charge on any atom is 0.265 e. The highest BCUT2D eigenvalue weighted by molar-refractivity contribution is 9.10. The van der Waals surface area contributed by atoms with Crippen molar-refractivity contribution in [3.8, 4) is 5.75 Å². The van der Waals surface area contributed by atoms with E-state index in [1.807, 2.05) is 0 Å². The molecular formula is C8H8BrClO3S. The number of aryl methyl sites for hydroxylation is 1. The first-order valence-corrected chi connectivity index (χ1v) is 6.75.